The van der Waals surface area contributed by atoms with Gasteiger partial charge in [0, 0.05) is 6.54 Å². The van der Waals surface area contributed by atoms with Gasteiger partial charge in [-0.3, -0.25) is 4.79 Å². The van der Waals surface area contributed by atoms with Gasteiger partial charge in [0.1, 0.15) is 5.75 Å². The monoisotopic (exact) mass is 283 g/mol. The number of hydrogen-bond acceptors (Lipinski definition) is 2. The Hall–Kier alpha value is -2.29. The second-order valence-electron chi connectivity index (χ2n) is 5.05. The molecular weight excluding hydrogens is 262 g/mol. The highest BCUT2D eigenvalue weighted by Crippen LogP contribution is 2.17. The summed E-state index contributed by atoms with van der Waals surface area (Å²) in [6.07, 6.45) is 0.918. The molecule has 0 aliphatic rings. The van der Waals surface area contributed by atoms with E-state index in [1.807, 2.05) is 48.5 Å². The minimum absolute atomic E-state index is 0.0593. The van der Waals surface area contributed by atoms with Gasteiger partial charge in [0.05, 0.1) is 0 Å². The molecule has 2 rings (SSSR count). The molecule has 0 saturated carbocycles. The minimum atomic E-state index is -0.0842. The van der Waals surface area contributed by atoms with Crippen LogP contribution in [0.1, 0.15) is 24.8 Å². The number of rotatable bonds is 7. The van der Waals surface area contributed by atoms with Crippen molar-refractivity contribution in [3.63, 3.8) is 0 Å². The average molecular weight is 283 g/mol. The standard InChI is InChI=1S/C18H21NO2/c1-15(16-8-4-2-5-9-16)12-13-19-18(20)14-21-17-10-6-3-7-11-17/h2-11,15H,12-14H2,1H3,(H,19,20). The van der Waals surface area contributed by atoms with Crippen LogP contribution in [0.3, 0.4) is 0 Å². The molecule has 0 aliphatic heterocycles. The van der Waals surface area contributed by atoms with E-state index in [-0.39, 0.29) is 12.5 Å². The van der Waals surface area contributed by atoms with Gasteiger partial charge in [-0.05, 0) is 30.0 Å². The summed E-state index contributed by atoms with van der Waals surface area (Å²) >= 11 is 0. The zero-order valence-electron chi connectivity index (χ0n) is 12.3. The molecule has 0 heterocycles. The highest BCUT2D eigenvalue weighted by Gasteiger charge is 2.06. The average Bonchev–Trinajstić information content (AvgIpc) is 2.54. The summed E-state index contributed by atoms with van der Waals surface area (Å²) in [5.74, 6) is 1.06. The molecule has 0 aliphatic carbocycles. The summed E-state index contributed by atoms with van der Waals surface area (Å²) in [5.41, 5.74) is 1.30. The fourth-order valence-corrected chi connectivity index (χ4v) is 2.09. The van der Waals surface area contributed by atoms with E-state index < -0.39 is 0 Å². The molecular formula is C18H21NO2. The summed E-state index contributed by atoms with van der Waals surface area (Å²) in [7, 11) is 0. The quantitative estimate of drug-likeness (QED) is 0.846. The minimum Gasteiger partial charge on any atom is -0.484 e. The lowest BCUT2D eigenvalue weighted by Crippen LogP contribution is -2.30. The van der Waals surface area contributed by atoms with Crippen LogP contribution in [-0.4, -0.2) is 19.1 Å². The summed E-state index contributed by atoms with van der Waals surface area (Å²) in [5, 5.41) is 2.89. The zero-order chi connectivity index (χ0) is 14.9. The van der Waals surface area contributed by atoms with Gasteiger partial charge in [-0.2, -0.15) is 0 Å². The summed E-state index contributed by atoms with van der Waals surface area (Å²) < 4.78 is 5.40. The van der Waals surface area contributed by atoms with Gasteiger partial charge in [-0.1, -0.05) is 55.5 Å². The first kappa shape index (κ1) is 15.1. The Morgan fingerprint density at radius 3 is 2.33 bits per heavy atom. The topological polar surface area (TPSA) is 38.3 Å². The van der Waals surface area contributed by atoms with Crippen LogP contribution in [0.25, 0.3) is 0 Å². The third kappa shape index (κ3) is 5.30. The number of benzene rings is 2. The van der Waals surface area contributed by atoms with Crippen LogP contribution in [0.2, 0.25) is 0 Å². The predicted molar refractivity (Wildman–Crippen MR) is 84.4 cm³/mol. The van der Waals surface area contributed by atoms with Crippen LogP contribution >= 0.6 is 0 Å². The number of hydrogen-bond donors (Lipinski definition) is 1. The number of carbonyl (C=O) groups is 1. The van der Waals surface area contributed by atoms with Crippen molar-refractivity contribution in [3.8, 4) is 5.75 Å². The Kier molecular flexibility index (Phi) is 5.83. The van der Waals surface area contributed by atoms with Crippen molar-refractivity contribution in [2.75, 3.05) is 13.2 Å². The van der Waals surface area contributed by atoms with Crippen LogP contribution < -0.4 is 10.1 Å². The fourth-order valence-electron chi connectivity index (χ4n) is 2.09. The van der Waals surface area contributed by atoms with E-state index >= 15 is 0 Å². The van der Waals surface area contributed by atoms with Crippen molar-refractivity contribution in [2.24, 2.45) is 0 Å². The molecule has 0 bridgehead atoms. The lowest BCUT2D eigenvalue weighted by atomic mass is 9.98. The summed E-state index contributed by atoms with van der Waals surface area (Å²) in [4.78, 5) is 11.7. The molecule has 110 valence electrons. The third-order valence-corrected chi connectivity index (χ3v) is 3.38. The fraction of sp³-hybridized carbons (Fsp3) is 0.278. The third-order valence-electron chi connectivity index (χ3n) is 3.38. The Bertz CT molecular complexity index is 540. The predicted octanol–water partition coefficient (Wildman–Crippen LogP) is 3.38. The first-order chi connectivity index (χ1) is 10.3. The van der Waals surface area contributed by atoms with Gasteiger partial charge >= 0.3 is 0 Å². The number of ether oxygens (including phenoxy) is 1. The normalized spacial score (nSPS) is 11.7. The molecule has 1 N–H and O–H groups in total. The smallest absolute Gasteiger partial charge is 0.257 e. The van der Waals surface area contributed by atoms with E-state index in [1.54, 1.807) is 0 Å². The highest BCUT2D eigenvalue weighted by molar-refractivity contribution is 5.77. The van der Waals surface area contributed by atoms with Gasteiger partial charge in [-0.15, -0.1) is 0 Å². The number of amides is 1. The van der Waals surface area contributed by atoms with Crippen molar-refractivity contribution in [1.82, 2.24) is 5.32 Å². The first-order valence-electron chi connectivity index (χ1n) is 7.25. The second-order valence-corrected chi connectivity index (χ2v) is 5.05. The van der Waals surface area contributed by atoms with E-state index in [9.17, 15) is 4.79 Å². The van der Waals surface area contributed by atoms with E-state index in [0.717, 1.165) is 6.42 Å². The van der Waals surface area contributed by atoms with Gasteiger partial charge in [-0.25, -0.2) is 0 Å². The van der Waals surface area contributed by atoms with E-state index in [0.29, 0.717) is 18.2 Å². The summed E-state index contributed by atoms with van der Waals surface area (Å²) in [6.45, 7) is 2.89. The molecule has 2 aromatic carbocycles. The molecule has 0 radical (unpaired) electrons. The molecule has 1 atom stereocenters. The second kappa shape index (κ2) is 8.10. The van der Waals surface area contributed by atoms with Gasteiger partial charge in [0.25, 0.3) is 5.91 Å². The maximum absolute atomic E-state index is 11.7. The van der Waals surface area contributed by atoms with Crippen molar-refractivity contribution < 1.29 is 9.53 Å². The Balaban J connectivity index is 1.65. The first-order valence-corrected chi connectivity index (χ1v) is 7.25. The summed E-state index contributed by atoms with van der Waals surface area (Å²) in [6, 6.07) is 19.7. The number of nitrogens with one attached hydrogen (secondary N) is 1. The van der Waals surface area contributed by atoms with Crippen molar-refractivity contribution in [3.05, 3.63) is 66.2 Å². The zero-order valence-corrected chi connectivity index (χ0v) is 12.3. The molecule has 1 unspecified atom stereocenters. The Labute approximate surface area is 126 Å². The highest BCUT2D eigenvalue weighted by atomic mass is 16.5. The molecule has 2 aromatic rings. The van der Waals surface area contributed by atoms with E-state index in [1.165, 1.54) is 5.56 Å². The molecule has 0 spiro atoms. The molecule has 0 saturated heterocycles. The number of para-hydroxylation sites is 1. The lowest BCUT2D eigenvalue weighted by molar-refractivity contribution is -0.123. The van der Waals surface area contributed by atoms with Gasteiger partial charge in [0.15, 0.2) is 6.61 Å². The Morgan fingerprint density at radius 1 is 1.05 bits per heavy atom. The van der Waals surface area contributed by atoms with E-state index in [4.69, 9.17) is 4.74 Å². The van der Waals surface area contributed by atoms with Crippen LogP contribution in [-0.2, 0) is 4.79 Å². The van der Waals surface area contributed by atoms with Crippen LogP contribution in [0.4, 0.5) is 0 Å². The van der Waals surface area contributed by atoms with Crippen molar-refractivity contribution in [1.29, 1.82) is 0 Å². The van der Waals surface area contributed by atoms with Crippen LogP contribution in [0, 0.1) is 0 Å². The van der Waals surface area contributed by atoms with Crippen LogP contribution in [0.5, 0.6) is 5.75 Å². The van der Waals surface area contributed by atoms with Crippen molar-refractivity contribution >= 4 is 5.91 Å². The maximum atomic E-state index is 11.7. The lowest BCUT2D eigenvalue weighted by Gasteiger charge is -2.12. The van der Waals surface area contributed by atoms with Gasteiger partial charge in [0.2, 0.25) is 0 Å². The Morgan fingerprint density at radius 2 is 1.67 bits per heavy atom. The van der Waals surface area contributed by atoms with Crippen molar-refractivity contribution in [2.45, 2.75) is 19.3 Å². The molecule has 21 heavy (non-hydrogen) atoms. The molecule has 3 heteroatoms. The van der Waals surface area contributed by atoms with Gasteiger partial charge < -0.3 is 10.1 Å². The van der Waals surface area contributed by atoms with Crippen LogP contribution in [0.15, 0.2) is 60.7 Å². The molecule has 0 aromatic heterocycles. The number of carbonyl (C=O) groups excluding carboxylic acids is 1. The molecule has 1 amide bonds. The largest absolute Gasteiger partial charge is 0.484 e. The maximum Gasteiger partial charge on any atom is 0.257 e. The van der Waals surface area contributed by atoms with E-state index in [2.05, 4.69) is 24.4 Å². The molecule has 0 fully saturated rings. The molecule has 3 nitrogen and oxygen atoms in total. The SMILES string of the molecule is CC(CCNC(=O)COc1ccccc1)c1ccccc1.